The summed E-state index contributed by atoms with van der Waals surface area (Å²) in [7, 11) is 0. The van der Waals surface area contributed by atoms with Gasteiger partial charge in [-0.1, -0.05) is 25.6 Å². The molecule has 2 aliphatic heterocycles. The summed E-state index contributed by atoms with van der Waals surface area (Å²) < 4.78 is 11.3. The number of carbonyl (C=O) groups excluding carboxylic acids is 2. The summed E-state index contributed by atoms with van der Waals surface area (Å²) in [6.07, 6.45) is 2.11. The third-order valence-corrected chi connectivity index (χ3v) is 6.97. The first-order valence-corrected chi connectivity index (χ1v) is 12.9. The number of piperazine rings is 1. The summed E-state index contributed by atoms with van der Waals surface area (Å²) in [5.74, 6) is 2.56. The summed E-state index contributed by atoms with van der Waals surface area (Å²) in [6, 6.07) is 5.57. The lowest BCUT2D eigenvalue weighted by molar-refractivity contribution is -0.129. The zero-order valence-corrected chi connectivity index (χ0v) is 20.9. The standard InChI is InChI=1S/C24H33N5O4S/c1-16(2)20-13-22(29-10-8-28(9-11-29)17(3)30)27-24(26-20)34-15-19-6-7-21(33-19)23(31)25-14-18-5-4-12-32-18/h6-7,13,16,18H,4-5,8-12,14-15H2,1-3H3,(H,25,31). The number of thioether (sulfide) groups is 1. The molecule has 4 rings (SSSR count). The summed E-state index contributed by atoms with van der Waals surface area (Å²) >= 11 is 1.49. The number of nitrogens with zero attached hydrogens (tertiary/aromatic N) is 4. The van der Waals surface area contributed by atoms with E-state index in [9.17, 15) is 9.59 Å². The fourth-order valence-corrected chi connectivity index (χ4v) is 4.77. The van der Waals surface area contributed by atoms with Gasteiger partial charge in [-0.3, -0.25) is 9.59 Å². The number of rotatable bonds is 8. The lowest BCUT2D eigenvalue weighted by atomic mass is 10.1. The molecule has 184 valence electrons. The summed E-state index contributed by atoms with van der Waals surface area (Å²) in [5.41, 5.74) is 0.982. The molecule has 2 fully saturated rings. The number of aromatic nitrogens is 2. The number of anilines is 1. The van der Waals surface area contributed by atoms with Crippen LogP contribution in [0.4, 0.5) is 5.82 Å². The van der Waals surface area contributed by atoms with Crippen LogP contribution in [0.5, 0.6) is 0 Å². The Kier molecular flexibility index (Phi) is 8.10. The van der Waals surface area contributed by atoms with Crippen molar-refractivity contribution < 1.29 is 18.7 Å². The topological polar surface area (TPSA) is 101 Å². The van der Waals surface area contributed by atoms with Crippen molar-refractivity contribution in [2.24, 2.45) is 0 Å². The van der Waals surface area contributed by atoms with Crippen LogP contribution < -0.4 is 10.2 Å². The molecular formula is C24H33N5O4S. The third kappa shape index (κ3) is 6.29. The Morgan fingerprint density at radius 2 is 2.00 bits per heavy atom. The minimum atomic E-state index is -0.225. The van der Waals surface area contributed by atoms with E-state index in [4.69, 9.17) is 19.1 Å². The van der Waals surface area contributed by atoms with Gasteiger partial charge in [-0.05, 0) is 30.9 Å². The number of nitrogens with one attached hydrogen (secondary N) is 1. The average molecular weight is 488 g/mol. The molecule has 0 bridgehead atoms. The van der Waals surface area contributed by atoms with E-state index >= 15 is 0 Å². The van der Waals surface area contributed by atoms with E-state index in [0.29, 0.717) is 42.1 Å². The Labute approximate surface area is 204 Å². The number of furan rings is 1. The normalized spacial score (nSPS) is 18.5. The fraction of sp³-hybridized carbons (Fsp3) is 0.583. The van der Waals surface area contributed by atoms with Crippen molar-refractivity contribution in [2.45, 2.75) is 56.5 Å². The van der Waals surface area contributed by atoms with E-state index in [1.807, 2.05) is 17.0 Å². The fourth-order valence-electron chi connectivity index (χ4n) is 4.02. The van der Waals surface area contributed by atoms with Crippen LogP contribution in [-0.2, 0) is 15.3 Å². The van der Waals surface area contributed by atoms with Gasteiger partial charge in [0, 0.05) is 58.0 Å². The summed E-state index contributed by atoms with van der Waals surface area (Å²) in [6.45, 7) is 10.00. The second kappa shape index (κ2) is 11.2. The molecule has 0 spiro atoms. The van der Waals surface area contributed by atoms with Crippen LogP contribution in [0, 0.1) is 0 Å². The van der Waals surface area contributed by atoms with Crippen LogP contribution in [0.1, 0.15) is 61.5 Å². The molecule has 0 saturated carbocycles. The Bertz CT molecular complexity index is 997. The van der Waals surface area contributed by atoms with Crippen LogP contribution in [0.15, 0.2) is 27.8 Å². The zero-order valence-electron chi connectivity index (χ0n) is 20.1. The second-order valence-electron chi connectivity index (χ2n) is 8.98. The molecule has 34 heavy (non-hydrogen) atoms. The molecule has 2 aliphatic rings. The third-order valence-electron chi connectivity index (χ3n) is 6.10. The van der Waals surface area contributed by atoms with Crippen molar-refractivity contribution in [3.63, 3.8) is 0 Å². The predicted molar refractivity (Wildman–Crippen MR) is 130 cm³/mol. The smallest absolute Gasteiger partial charge is 0.287 e. The van der Waals surface area contributed by atoms with Gasteiger partial charge in [0.25, 0.3) is 5.91 Å². The molecule has 1 unspecified atom stereocenters. The Morgan fingerprint density at radius 1 is 1.21 bits per heavy atom. The minimum Gasteiger partial charge on any atom is -0.455 e. The van der Waals surface area contributed by atoms with Gasteiger partial charge in [0.2, 0.25) is 5.91 Å². The second-order valence-corrected chi connectivity index (χ2v) is 9.92. The number of amides is 2. The number of carbonyl (C=O) groups is 2. The van der Waals surface area contributed by atoms with Gasteiger partial charge in [-0.25, -0.2) is 9.97 Å². The molecule has 9 nitrogen and oxygen atoms in total. The number of hydrogen-bond acceptors (Lipinski definition) is 8. The highest BCUT2D eigenvalue weighted by molar-refractivity contribution is 7.98. The monoisotopic (exact) mass is 487 g/mol. The first kappa shape index (κ1) is 24.5. The number of ether oxygens (including phenoxy) is 1. The van der Waals surface area contributed by atoms with Gasteiger partial charge in [0.05, 0.1) is 11.9 Å². The molecule has 4 heterocycles. The molecule has 0 radical (unpaired) electrons. The van der Waals surface area contributed by atoms with Gasteiger partial charge in [0.15, 0.2) is 10.9 Å². The summed E-state index contributed by atoms with van der Waals surface area (Å²) in [4.78, 5) is 37.6. The zero-order chi connectivity index (χ0) is 24.1. The number of hydrogen-bond donors (Lipinski definition) is 1. The van der Waals surface area contributed by atoms with Gasteiger partial charge in [0.1, 0.15) is 11.6 Å². The largest absolute Gasteiger partial charge is 0.455 e. The van der Waals surface area contributed by atoms with Crippen molar-refractivity contribution in [1.29, 1.82) is 0 Å². The predicted octanol–water partition coefficient (Wildman–Crippen LogP) is 3.06. The Hall–Kier alpha value is -2.59. The van der Waals surface area contributed by atoms with Crippen LogP contribution >= 0.6 is 11.8 Å². The molecule has 0 aromatic carbocycles. The van der Waals surface area contributed by atoms with E-state index in [-0.39, 0.29) is 23.8 Å². The van der Waals surface area contributed by atoms with Gasteiger partial charge >= 0.3 is 0 Å². The van der Waals surface area contributed by atoms with Crippen LogP contribution in [0.25, 0.3) is 0 Å². The van der Waals surface area contributed by atoms with Crippen LogP contribution in [0.3, 0.4) is 0 Å². The van der Waals surface area contributed by atoms with Crippen molar-refractivity contribution in [3.05, 3.63) is 35.4 Å². The maximum absolute atomic E-state index is 12.4. The molecule has 2 saturated heterocycles. The SMILES string of the molecule is CC(=O)N1CCN(c2cc(C(C)C)nc(SCc3ccc(C(=O)NCC4CCCO4)o3)n2)CC1. The lowest BCUT2D eigenvalue weighted by Gasteiger charge is -2.35. The molecule has 0 aliphatic carbocycles. The molecular weight excluding hydrogens is 454 g/mol. The first-order valence-electron chi connectivity index (χ1n) is 11.9. The van der Waals surface area contributed by atoms with Gasteiger partial charge < -0.3 is 24.3 Å². The highest BCUT2D eigenvalue weighted by Gasteiger charge is 2.22. The lowest BCUT2D eigenvalue weighted by Crippen LogP contribution is -2.48. The van der Waals surface area contributed by atoms with Crippen molar-refractivity contribution >= 4 is 29.4 Å². The maximum Gasteiger partial charge on any atom is 0.287 e. The molecule has 2 aromatic rings. The van der Waals surface area contributed by atoms with Gasteiger partial charge in [-0.2, -0.15) is 0 Å². The highest BCUT2D eigenvalue weighted by atomic mass is 32.2. The van der Waals surface area contributed by atoms with Crippen LogP contribution in [0.2, 0.25) is 0 Å². The Balaban J connectivity index is 1.37. The van der Waals surface area contributed by atoms with Crippen molar-refractivity contribution in [1.82, 2.24) is 20.2 Å². The molecule has 2 aromatic heterocycles. The van der Waals surface area contributed by atoms with E-state index in [2.05, 4.69) is 24.1 Å². The molecule has 10 heteroatoms. The summed E-state index contributed by atoms with van der Waals surface area (Å²) in [5, 5.41) is 3.56. The van der Waals surface area contributed by atoms with E-state index < -0.39 is 0 Å². The van der Waals surface area contributed by atoms with E-state index in [0.717, 1.165) is 44.0 Å². The van der Waals surface area contributed by atoms with Gasteiger partial charge in [-0.15, -0.1) is 0 Å². The molecule has 2 amide bonds. The quantitative estimate of drug-likeness (QED) is 0.448. The maximum atomic E-state index is 12.4. The minimum absolute atomic E-state index is 0.0963. The van der Waals surface area contributed by atoms with Crippen molar-refractivity contribution in [3.8, 4) is 0 Å². The van der Waals surface area contributed by atoms with E-state index in [1.165, 1.54) is 11.8 Å². The van der Waals surface area contributed by atoms with Crippen LogP contribution in [-0.4, -0.2) is 72.1 Å². The van der Waals surface area contributed by atoms with E-state index in [1.54, 1.807) is 13.0 Å². The highest BCUT2D eigenvalue weighted by Crippen LogP contribution is 2.27. The molecule has 1 N–H and O–H groups in total. The van der Waals surface area contributed by atoms with Crippen molar-refractivity contribution in [2.75, 3.05) is 44.2 Å². The average Bonchev–Trinajstić information content (AvgIpc) is 3.53. The Morgan fingerprint density at radius 3 is 2.68 bits per heavy atom. The first-order chi connectivity index (χ1) is 16.4. The molecule has 1 atom stereocenters.